The molecule has 1 atom stereocenters. The van der Waals surface area contributed by atoms with Crippen molar-refractivity contribution in [1.29, 1.82) is 0 Å². The van der Waals surface area contributed by atoms with Crippen molar-refractivity contribution in [2.24, 2.45) is 0 Å². The molecule has 6 heteroatoms. The van der Waals surface area contributed by atoms with Gasteiger partial charge in [0, 0.05) is 33.5 Å². The van der Waals surface area contributed by atoms with Crippen molar-refractivity contribution in [3.05, 3.63) is 50.7 Å². The van der Waals surface area contributed by atoms with E-state index in [1.54, 1.807) is 24.5 Å². The SMILES string of the molecule is CCc1ccsc1C(=O)Nc1ccc(Cl)c(C[S@](C)=O)c1. The van der Waals surface area contributed by atoms with Gasteiger partial charge in [-0.2, -0.15) is 0 Å². The number of carbonyl (C=O) groups excluding carboxylic acids is 1. The number of aryl methyl sites for hydroxylation is 1. The van der Waals surface area contributed by atoms with Crippen molar-refractivity contribution in [3.8, 4) is 0 Å². The molecule has 0 aliphatic rings. The van der Waals surface area contributed by atoms with Gasteiger partial charge in [-0.25, -0.2) is 0 Å². The number of anilines is 1. The predicted molar refractivity (Wildman–Crippen MR) is 90.9 cm³/mol. The van der Waals surface area contributed by atoms with E-state index in [1.807, 2.05) is 18.4 Å². The van der Waals surface area contributed by atoms with E-state index >= 15 is 0 Å². The predicted octanol–water partition coefficient (Wildman–Crippen LogP) is 4.09. The van der Waals surface area contributed by atoms with Gasteiger partial charge in [0.15, 0.2) is 0 Å². The summed E-state index contributed by atoms with van der Waals surface area (Å²) in [5, 5.41) is 5.36. The number of hydrogen-bond donors (Lipinski definition) is 1. The number of nitrogens with one attached hydrogen (secondary N) is 1. The van der Waals surface area contributed by atoms with Gasteiger partial charge in [0.2, 0.25) is 0 Å². The van der Waals surface area contributed by atoms with Gasteiger partial charge in [-0.15, -0.1) is 11.3 Å². The molecule has 112 valence electrons. The fourth-order valence-corrected chi connectivity index (χ4v) is 3.81. The average molecular weight is 342 g/mol. The van der Waals surface area contributed by atoms with Gasteiger partial charge in [-0.1, -0.05) is 18.5 Å². The maximum atomic E-state index is 12.3. The molecule has 0 aliphatic heterocycles. The molecule has 0 saturated heterocycles. The second kappa shape index (κ2) is 7.20. The Balaban J connectivity index is 2.20. The zero-order valence-corrected chi connectivity index (χ0v) is 14.2. The second-order valence-electron chi connectivity index (χ2n) is 4.61. The van der Waals surface area contributed by atoms with Crippen LogP contribution in [0.25, 0.3) is 0 Å². The van der Waals surface area contributed by atoms with Gasteiger partial charge >= 0.3 is 0 Å². The van der Waals surface area contributed by atoms with E-state index < -0.39 is 10.8 Å². The molecule has 3 nitrogen and oxygen atoms in total. The topological polar surface area (TPSA) is 46.2 Å². The Morgan fingerprint density at radius 2 is 2.10 bits per heavy atom. The van der Waals surface area contributed by atoms with Crippen molar-refractivity contribution >= 4 is 45.3 Å². The van der Waals surface area contributed by atoms with E-state index in [4.69, 9.17) is 11.6 Å². The Hall–Kier alpha value is -1.17. The highest BCUT2D eigenvalue weighted by Gasteiger charge is 2.13. The second-order valence-corrected chi connectivity index (χ2v) is 7.36. The van der Waals surface area contributed by atoms with Crippen molar-refractivity contribution in [1.82, 2.24) is 0 Å². The van der Waals surface area contributed by atoms with Crippen LogP contribution in [0.1, 0.15) is 27.7 Å². The summed E-state index contributed by atoms with van der Waals surface area (Å²) in [7, 11) is -0.978. The summed E-state index contributed by atoms with van der Waals surface area (Å²) in [4.78, 5) is 13.0. The standard InChI is InChI=1S/C15H16ClNO2S2/c1-3-10-6-7-20-14(10)15(18)17-12-4-5-13(16)11(8-12)9-21(2)19/h4-8H,3,9H2,1-2H3,(H,17,18)/t21-/m0/s1. The van der Waals surface area contributed by atoms with Crippen LogP contribution in [0.2, 0.25) is 5.02 Å². The van der Waals surface area contributed by atoms with E-state index in [2.05, 4.69) is 5.32 Å². The molecular formula is C15H16ClNO2S2. The van der Waals surface area contributed by atoms with Gasteiger partial charge in [-0.05, 0) is 47.2 Å². The summed E-state index contributed by atoms with van der Waals surface area (Å²) < 4.78 is 11.3. The van der Waals surface area contributed by atoms with E-state index in [0.29, 0.717) is 16.5 Å². The minimum atomic E-state index is -0.978. The summed E-state index contributed by atoms with van der Waals surface area (Å²) >= 11 is 7.51. The molecule has 1 aromatic heterocycles. The van der Waals surface area contributed by atoms with E-state index in [1.165, 1.54) is 11.3 Å². The highest BCUT2D eigenvalue weighted by Crippen LogP contribution is 2.24. The monoisotopic (exact) mass is 341 g/mol. The Labute approximate surface area is 135 Å². The van der Waals surface area contributed by atoms with Crippen molar-refractivity contribution in [3.63, 3.8) is 0 Å². The normalized spacial score (nSPS) is 12.1. The number of benzene rings is 1. The molecule has 2 rings (SSSR count). The summed E-state index contributed by atoms with van der Waals surface area (Å²) in [6.07, 6.45) is 2.45. The number of halogens is 1. The maximum Gasteiger partial charge on any atom is 0.266 e. The minimum absolute atomic E-state index is 0.118. The molecule has 1 heterocycles. The smallest absolute Gasteiger partial charge is 0.266 e. The Kier molecular flexibility index (Phi) is 5.56. The molecule has 0 radical (unpaired) electrons. The van der Waals surface area contributed by atoms with Crippen molar-refractivity contribution in [2.45, 2.75) is 19.1 Å². The zero-order chi connectivity index (χ0) is 15.4. The third-order valence-electron chi connectivity index (χ3n) is 3.00. The third-order valence-corrected chi connectivity index (χ3v) is 5.04. The number of thiophene rings is 1. The van der Waals surface area contributed by atoms with Crippen LogP contribution in [0.15, 0.2) is 29.6 Å². The molecule has 0 spiro atoms. The maximum absolute atomic E-state index is 12.3. The van der Waals surface area contributed by atoms with Gasteiger partial charge < -0.3 is 5.32 Å². The van der Waals surface area contributed by atoms with Crippen LogP contribution in [0.3, 0.4) is 0 Å². The summed E-state index contributed by atoms with van der Waals surface area (Å²) in [6, 6.07) is 7.21. The molecular weight excluding hydrogens is 326 g/mol. The lowest BCUT2D eigenvalue weighted by Crippen LogP contribution is -2.12. The Bertz CT molecular complexity index is 682. The quantitative estimate of drug-likeness (QED) is 0.890. The number of carbonyl (C=O) groups is 1. The lowest BCUT2D eigenvalue weighted by molar-refractivity contribution is 0.103. The number of amides is 1. The van der Waals surface area contributed by atoms with E-state index in [9.17, 15) is 9.00 Å². The van der Waals surface area contributed by atoms with Gasteiger partial charge in [0.05, 0.1) is 4.88 Å². The van der Waals surface area contributed by atoms with Crippen LogP contribution in [0.4, 0.5) is 5.69 Å². The highest BCUT2D eigenvalue weighted by molar-refractivity contribution is 7.83. The summed E-state index contributed by atoms with van der Waals surface area (Å²) in [5.74, 6) is 0.259. The first-order chi connectivity index (χ1) is 10.0. The zero-order valence-electron chi connectivity index (χ0n) is 11.8. The molecule has 21 heavy (non-hydrogen) atoms. The van der Waals surface area contributed by atoms with E-state index in [-0.39, 0.29) is 5.91 Å². The fraction of sp³-hybridized carbons (Fsp3) is 0.267. The first-order valence-corrected chi connectivity index (χ1v) is 9.46. The molecule has 0 saturated carbocycles. The number of rotatable bonds is 5. The van der Waals surface area contributed by atoms with Crippen LogP contribution < -0.4 is 5.32 Å². The van der Waals surface area contributed by atoms with Crippen LogP contribution in [0, 0.1) is 0 Å². The molecule has 0 aliphatic carbocycles. The molecule has 2 aromatic rings. The molecule has 1 amide bonds. The van der Waals surface area contributed by atoms with Gasteiger partial charge in [0.1, 0.15) is 0 Å². The largest absolute Gasteiger partial charge is 0.321 e. The Morgan fingerprint density at radius 1 is 1.33 bits per heavy atom. The van der Waals surface area contributed by atoms with Crippen molar-refractivity contribution < 1.29 is 9.00 Å². The lowest BCUT2D eigenvalue weighted by Gasteiger charge is -2.08. The molecule has 1 aromatic carbocycles. The Morgan fingerprint density at radius 3 is 2.76 bits per heavy atom. The first kappa shape index (κ1) is 16.2. The molecule has 0 fully saturated rings. The average Bonchev–Trinajstić information content (AvgIpc) is 2.90. The highest BCUT2D eigenvalue weighted by atomic mass is 35.5. The van der Waals surface area contributed by atoms with Crippen molar-refractivity contribution in [2.75, 3.05) is 11.6 Å². The summed E-state index contributed by atoms with van der Waals surface area (Å²) in [5.41, 5.74) is 2.49. The number of hydrogen-bond acceptors (Lipinski definition) is 3. The van der Waals surface area contributed by atoms with Gasteiger partial charge in [0.25, 0.3) is 5.91 Å². The minimum Gasteiger partial charge on any atom is -0.321 e. The lowest BCUT2D eigenvalue weighted by atomic mass is 10.2. The molecule has 0 unspecified atom stereocenters. The third kappa shape index (κ3) is 4.15. The van der Waals surface area contributed by atoms with Crippen LogP contribution in [-0.4, -0.2) is 16.4 Å². The fourth-order valence-electron chi connectivity index (χ4n) is 1.98. The molecule has 1 N–H and O–H groups in total. The van der Waals surface area contributed by atoms with Crippen LogP contribution >= 0.6 is 22.9 Å². The van der Waals surface area contributed by atoms with Crippen LogP contribution in [-0.2, 0) is 23.0 Å². The summed E-state index contributed by atoms with van der Waals surface area (Å²) in [6.45, 7) is 2.02. The first-order valence-electron chi connectivity index (χ1n) is 6.47. The van der Waals surface area contributed by atoms with Crippen LogP contribution in [0.5, 0.6) is 0 Å². The van der Waals surface area contributed by atoms with E-state index in [0.717, 1.165) is 22.4 Å². The molecule has 0 bridgehead atoms. The van der Waals surface area contributed by atoms with Gasteiger partial charge in [-0.3, -0.25) is 9.00 Å².